The van der Waals surface area contributed by atoms with Crippen molar-refractivity contribution in [2.75, 3.05) is 40.4 Å². The van der Waals surface area contributed by atoms with Gasteiger partial charge in [-0.3, -0.25) is 0 Å². The molecule has 0 spiro atoms. The highest BCUT2D eigenvalue weighted by Gasteiger charge is 2.25. The van der Waals surface area contributed by atoms with Gasteiger partial charge in [-0.15, -0.1) is 0 Å². The van der Waals surface area contributed by atoms with Crippen molar-refractivity contribution in [1.29, 1.82) is 0 Å². The highest BCUT2D eigenvalue weighted by molar-refractivity contribution is 5.74. The second kappa shape index (κ2) is 8.84. The molecular weight excluding hydrogens is 297 g/mol. The lowest BCUT2D eigenvalue weighted by atomic mass is 10.1. The van der Waals surface area contributed by atoms with E-state index in [0.29, 0.717) is 26.3 Å². The minimum atomic E-state index is -0.269. The van der Waals surface area contributed by atoms with E-state index >= 15 is 0 Å². The van der Waals surface area contributed by atoms with E-state index in [4.69, 9.17) is 4.74 Å². The van der Waals surface area contributed by atoms with E-state index in [-0.39, 0.29) is 17.9 Å². The minimum Gasteiger partial charge on any atom is -0.381 e. The van der Waals surface area contributed by atoms with Crippen LogP contribution in [0.3, 0.4) is 0 Å². The molecule has 1 saturated heterocycles. The zero-order valence-corrected chi connectivity index (χ0v) is 13.9. The van der Waals surface area contributed by atoms with Crippen LogP contribution in [0, 0.1) is 5.82 Å². The molecule has 5 nitrogen and oxygen atoms in total. The lowest BCUT2D eigenvalue weighted by Crippen LogP contribution is -2.50. The Hall–Kier alpha value is -1.66. The quantitative estimate of drug-likeness (QED) is 0.872. The standard InChI is InChI=1S/C17H26FN3O2/c1-20(2)9-10-21(16-7-11-23-12-8-16)17(22)19-13-14-3-5-15(18)6-4-14/h3-6,16H,7-13H2,1-2H3,(H,19,22). The Labute approximate surface area is 137 Å². The van der Waals surface area contributed by atoms with Crippen LogP contribution in [0.15, 0.2) is 24.3 Å². The summed E-state index contributed by atoms with van der Waals surface area (Å²) >= 11 is 0. The molecule has 1 aliphatic heterocycles. The van der Waals surface area contributed by atoms with Crippen LogP contribution in [0.5, 0.6) is 0 Å². The summed E-state index contributed by atoms with van der Waals surface area (Å²) in [6.07, 6.45) is 1.74. The molecule has 2 rings (SSSR count). The zero-order valence-electron chi connectivity index (χ0n) is 13.9. The molecule has 1 N–H and O–H groups in total. The van der Waals surface area contributed by atoms with Crippen molar-refractivity contribution >= 4 is 6.03 Å². The molecule has 1 aromatic carbocycles. The maximum absolute atomic E-state index is 12.9. The molecule has 1 aliphatic rings. The third-order valence-corrected chi connectivity index (χ3v) is 4.04. The fourth-order valence-corrected chi connectivity index (χ4v) is 2.64. The van der Waals surface area contributed by atoms with Gasteiger partial charge in [0.25, 0.3) is 0 Å². The third-order valence-electron chi connectivity index (χ3n) is 4.04. The third kappa shape index (κ3) is 5.80. The summed E-state index contributed by atoms with van der Waals surface area (Å²) in [5.41, 5.74) is 0.888. The van der Waals surface area contributed by atoms with Crippen LogP contribution in [0.1, 0.15) is 18.4 Å². The number of hydrogen-bond acceptors (Lipinski definition) is 3. The summed E-state index contributed by atoms with van der Waals surface area (Å²) in [5.74, 6) is -0.269. The number of amides is 2. The van der Waals surface area contributed by atoms with Crippen LogP contribution in [0.2, 0.25) is 0 Å². The van der Waals surface area contributed by atoms with E-state index in [1.807, 2.05) is 19.0 Å². The van der Waals surface area contributed by atoms with Crippen LogP contribution in [-0.4, -0.2) is 62.3 Å². The summed E-state index contributed by atoms with van der Waals surface area (Å²) in [6, 6.07) is 6.34. The Bertz CT molecular complexity index is 487. The van der Waals surface area contributed by atoms with E-state index in [2.05, 4.69) is 10.2 Å². The van der Waals surface area contributed by atoms with Gasteiger partial charge in [0.1, 0.15) is 5.82 Å². The number of ether oxygens (including phenoxy) is 1. The number of hydrogen-bond donors (Lipinski definition) is 1. The molecule has 1 heterocycles. The molecule has 128 valence electrons. The fraction of sp³-hybridized carbons (Fsp3) is 0.588. The minimum absolute atomic E-state index is 0.0666. The van der Waals surface area contributed by atoms with E-state index in [1.165, 1.54) is 12.1 Å². The summed E-state index contributed by atoms with van der Waals surface area (Å²) < 4.78 is 18.3. The number of nitrogens with zero attached hydrogens (tertiary/aromatic N) is 2. The second-order valence-corrected chi connectivity index (χ2v) is 6.13. The molecule has 0 aliphatic carbocycles. The van der Waals surface area contributed by atoms with Crippen LogP contribution in [0.4, 0.5) is 9.18 Å². The van der Waals surface area contributed by atoms with Crippen molar-refractivity contribution in [1.82, 2.24) is 15.1 Å². The van der Waals surface area contributed by atoms with E-state index < -0.39 is 0 Å². The highest BCUT2D eigenvalue weighted by Crippen LogP contribution is 2.15. The van der Waals surface area contributed by atoms with Gasteiger partial charge in [-0.25, -0.2) is 9.18 Å². The Balaban J connectivity index is 1.92. The van der Waals surface area contributed by atoms with Crippen molar-refractivity contribution < 1.29 is 13.9 Å². The number of carbonyl (C=O) groups excluding carboxylic acids is 1. The average molecular weight is 323 g/mol. The number of halogens is 1. The van der Waals surface area contributed by atoms with Gasteiger partial charge in [-0.2, -0.15) is 0 Å². The normalized spacial score (nSPS) is 15.7. The molecule has 2 amide bonds. The number of likely N-dealkylation sites (N-methyl/N-ethyl adjacent to an activating group) is 1. The van der Waals surface area contributed by atoms with E-state index in [9.17, 15) is 9.18 Å². The smallest absolute Gasteiger partial charge is 0.317 e. The lowest BCUT2D eigenvalue weighted by molar-refractivity contribution is 0.0443. The summed E-state index contributed by atoms with van der Waals surface area (Å²) in [4.78, 5) is 16.6. The average Bonchev–Trinajstić information content (AvgIpc) is 2.55. The first-order valence-corrected chi connectivity index (χ1v) is 8.07. The molecule has 1 fully saturated rings. The predicted octanol–water partition coefficient (Wildman–Crippen LogP) is 2.08. The van der Waals surface area contributed by atoms with Gasteiger partial charge >= 0.3 is 6.03 Å². The van der Waals surface area contributed by atoms with Crippen LogP contribution < -0.4 is 5.32 Å². The number of carbonyl (C=O) groups is 1. The molecular formula is C17H26FN3O2. The summed E-state index contributed by atoms with van der Waals surface area (Å²) in [7, 11) is 4.00. The van der Waals surface area contributed by atoms with Gasteiger partial charge in [0.15, 0.2) is 0 Å². The topological polar surface area (TPSA) is 44.8 Å². The monoisotopic (exact) mass is 323 g/mol. The number of nitrogens with one attached hydrogen (secondary N) is 1. The van der Waals surface area contributed by atoms with Gasteiger partial charge in [0, 0.05) is 38.9 Å². The van der Waals surface area contributed by atoms with Crippen molar-refractivity contribution in [3.63, 3.8) is 0 Å². The van der Waals surface area contributed by atoms with Gasteiger partial charge < -0.3 is 19.9 Å². The summed E-state index contributed by atoms with van der Waals surface area (Å²) in [6.45, 7) is 3.32. The first-order chi connectivity index (χ1) is 11.1. The van der Waals surface area contributed by atoms with Crippen molar-refractivity contribution in [3.8, 4) is 0 Å². The van der Waals surface area contributed by atoms with Crippen LogP contribution >= 0.6 is 0 Å². The maximum Gasteiger partial charge on any atom is 0.317 e. The molecule has 23 heavy (non-hydrogen) atoms. The largest absolute Gasteiger partial charge is 0.381 e. The number of urea groups is 1. The van der Waals surface area contributed by atoms with Gasteiger partial charge in [-0.05, 0) is 44.6 Å². The molecule has 0 atom stereocenters. The lowest BCUT2D eigenvalue weighted by Gasteiger charge is -2.35. The Morgan fingerprint density at radius 3 is 2.48 bits per heavy atom. The van der Waals surface area contributed by atoms with Crippen LogP contribution in [0.25, 0.3) is 0 Å². The number of rotatable bonds is 6. The van der Waals surface area contributed by atoms with E-state index in [0.717, 1.165) is 24.9 Å². The Morgan fingerprint density at radius 2 is 1.87 bits per heavy atom. The Morgan fingerprint density at radius 1 is 1.22 bits per heavy atom. The van der Waals surface area contributed by atoms with Crippen LogP contribution in [-0.2, 0) is 11.3 Å². The number of benzene rings is 1. The van der Waals surface area contributed by atoms with Gasteiger partial charge in [-0.1, -0.05) is 12.1 Å². The highest BCUT2D eigenvalue weighted by atomic mass is 19.1. The first-order valence-electron chi connectivity index (χ1n) is 8.07. The molecule has 0 saturated carbocycles. The van der Waals surface area contributed by atoms with E-state index in [1.54, 1.807) is 12.1 Å². The molecule has 0 aromatic heterocycles. The fourth-order valence-electron chi connectivity index (χ4n) is 2.64. The summed E-state index contributed by atoms with van der Waals surface area (Å²) in [5, 5.41) is 2.94. The van der Waals surface area contributed by atoms with Crippen molar-refractivity contribution in [2.45, 2.75) is 25.4 Å². The Kier molecular flexibility index (Phi) is 6.80. The van der Waals surface area contributed by atoms with Crippen molar-refractivity contribution in [2.24, 2.45) is 0 Å². The maximum atomic E-state index is 12.9. The first kappa shape index (κ1) is 17.7. The second-order valence-electron chi connectivity index (χ2n) is 6.13. The van der Waals surface area contributed by atoms with Gasteiger partial charge in [0.05, 0.1) is 0 Å². The molecule has 0 unspecified atom stereocenters. The molecule has 6 heteroatoms. The molecule has 0 radical (unpaired) electrons. The van der Waals surface area contributed by atoms with Crippen molar-refractivity contribution in [3.05, 3.63) is 35.6 Å². The predicted molar refractivity (Wildman–Crippen MR) is 87.7 cm³/mol. The molecule has 0 bridgehead atoms. The SMILES string of the molecule is CN(C)CCN(C(=O)NCc1ccc(F)cc1)C1CCOCC1. The molecule has 1 aromatic rings. The van der Waals surface area contributed by atoms with Gasteiger partial charge in [0.2, 0.25) is 0 Å². The zero-order chi connectivity index (χ0) is 16.7.